The molecule has 0 spiro atoms. The third-order valence-corrected chi connectivity index (χ3v) is 5.72. The van der Waals surface area contributed by atoms with Gasteiger partial charge in [-0.3, -0.25) is 4.79 Å². The average Bonchev–Trinajstić information content (AvgIpc) is 3.13. The molecule has 32 heavy (non-hydrogen) atoms. The number of amides is 1. The van der Waals surface area contributed by atoms with Gasteiger partial charge in [0.15, 0.2) is 5.58 Å². The van der Waals surface area contributed by atoms with Gasteiger partial charge >= 0.3 is 5.63 Å². The first-order valence-corrected chi connectivity index (χ1v) is 11.4. The average molecular weight is 456 g/mol. The summed E-state index contributed by atoms with van der Waals surface area (Å²) >= 11 is 0. The monoisotopic (exact) mass is 456 g/mol. The number of primary sulfonamides is 1. The van der Waals surface area contributed by atoms with E-state index in [1.54, 1.807) is 55.6 Å². The molecule has 2 heterocycles. The Bertz CT molecular complexity index is 1470. The first kappa shape index (κ1) is 21.6. The molecule has 0 aliphatic heterocycles. The Morgan fingerprint density at radius 3 is 2.50 bits per heavy atom. The van der Waals surface area contributed by atoms with Crippen LogP contribution < -0.4 is 20.8 Å². The number of benzene rings is 2. The van der Waals surface area contributed by atoms with E-state index in [9.17, 15) is 18.0 Å². The molecule has 10 heteroatoms. The molecule has 2 aromatic carbocycles. The summed E-state index contributed by atoms with van der Waals surface area (Å²) in [6, 6.07) is 13.9. The maximum Gasteiger partial charge on any atom is 0.347 e. The molecule has 0 fully saturated rings. The summed E-state index contributed by atoms with van der Waals surface area (Å²) in [5, 5.41) is 8.23. The Hall–Kier alpha value is -3.63. The van der Waals surface area contributed by atoms with Gasteiger partial charge in [0.25, 0.3) is 0 Å². The highest BCUT2D eigenvalue weighted by molar-refractivity contribution is 7.89. The summed E-state index contributed by atoms with van der Waals surface area (Å²) < 4.78 is 39.0. The lowest BCUT2D eigenvalue weighted by molar-refractivity contribution is -0.120. The topological polar surface area (TPSA) is 142 Å². The first-order chi connectivity index (χ1) is 15.3. The zero-order valence-corrected chi connectivity index (χ0v) is 17.9. The number of ether oxygens (including phenoxy) is 1. The van der Waals surface area contributed by atoms with Crippen LogP contribution in [0.25, 0.3) is 33.3 Å². The molecule has 0 unspecified atom stereocenters. The molecule has 2 aromatic heterocycles. The quantitative estimate of drug-likeness (QED) is 0.406. The highest BCUT2D eigenvalue weighted by Gasteiger charge is 2.24. The van der Waals surface area contributed by atoms with Crippen molar-refractivity contribution in [2.75, 3.05) is 19.4 Å². The van der Waals surface area contributed by atoms with Crippen molar-refractivity contribution in [2.45, 2.75) is 6.42 Å². The molecular formula is C22H20N2O7S. The summed E-state index contributed by atoms with van der Waals surface area (Å²) in [5.74, 6) is 0.0897. The van der Waals surface area contributed by atoms with Gasteiger partial charge in [0.05, 0.1) is 24.7 Å². The van der Waals surface area contributed by atoms with E-state index in [4.69, 9.17) is 18.7 Å². The SMILES string of the molecule is COc1ccc(-c2oc3c(c2CC(=O)NCCS(N)(=O)=O)c(=O)oc2ccccc23)cc1. The minimum atomic E-state index is -3.72. The Labute approximate surface area is 182 Å². The fourth-order valence-electron chi connectivity index (χ4n) is 3.46. The Morgan fingerprint density at radius 2 is 1.81 bits per heavy atom. The third-order valence-electron chi connectivity index (χ3n) is 4.94. The second kappa shape index (κ2) is 8.48. The summed E-state index contributed by atoms with van der Waals surface area (Å²) in [6.07, 6.45) is -0.220. The summed E-state index contributed by atoms with van der Waals surface area (Å²) in [4.78, 5) is 25.4. The fraction of sp³-hybridized carbons (Fsp3) is 0.182. The van der Waals surface area contributed by atoms with E-state index in [1.165, 1.54) is 0 Å². The molecule has 1 amide bonds. The normalized spacial score (nSPS) is 11.7. The second-order valence-corrected chi connectivity index (χ2v) is 8.86. The molecule has 4 aromatic rings. The van der Waals surface area contributed by atoms with Gasteiger partial charge in [-0.1, -0.05) is 12.1 Å². The molecule has 0 aliphatic rings. The number of nitrogens with two attached hydrogens (primary N) is 1. The van der Waals surface area contributed by atoms with E-state index in [0.29, 0.717) is 39.2 Å². The zero-order valence-electron chi connectivity index (χ0n) is 17.1. The van der Waals surface area contributed by atoms with Crippen molar-refractivity contribution in [3.63, 3.8) is 0 Å². The minimum Gasteiger partial charge on any atom is -0.497 e. The van der Waals surface area contributed by atoms with Crippen LogP contribution in [-0.4, -0.2) is 33.7 Å². The van der Waals surface area contributed by atoms with E-state index in [1.807, 2.05) is 0 Å². The van der Waals surface area contributed by atoms with Crippen molar-refractivity contribution in [1.82, 2.24) is 5.32 Å². The van der Waals surface area contributed by atoms with Gasteiger partial charge in [-0.05, 0) is 36.4 Å². The van der Waals surface area contributed by atoms with Crippen LogP contribution in [0.4, 0.5) is 0 Å². The number of fused-ring (bicyclic) bond motifs is 3. The van der Waals surface area contributed by atoms with Crippen molar-refractivity contribution in [2.24, 2.45) is 5.14 Å². The lowest BCUT2D eigenvalue weighted by Crippen LogP contribution is -2.32. The molecule has 166 valence electrons. The van der Waals surface area contributed by atoms with Crippen molar-refractivity contribution in [3.8, 4) is 17.1 Å². The van der Waals surface area contributed by atoms with Gasteiger partial charge in [-0.2, -0.15) is 0 Å². The summed E-state index contributed by atoms with van der Waals surface area (Å²) in [5.41, 5.74) is 1.03. The number of carbonyl (C=O) groups excluding carboxylic acids is 1. The van der Waals surface area contributed by atoms with Crippen LogP contribution in [0, 0.1) is 0 Å². The van der Waals surface area contributed by atoms with Crippen molar-refractivity contribution >= 4 is 37.9 Å². The predicted molar refractivity (Wildman–Crippen MR) is 119 cm³/mol. The number of furan rings is 1. The van der Waals surface area contributed by atoms with Gasteiger partial charge in [0.2, 0.25) is 15.9 Å². The smallest absolute Gasteiger partial charge is 0.347 e. The maximum absolute atomic E-state index is 12.8. The molecule has 0 saturated heterocycles. The lowest BCUT2D eigenvalue weighted by Gasteiger charge is -2.06. The van der Waals surface area contributed by atoms with E-state index < -0.39 is 27.3 Å². The molecule has 9 nitrogen and oxygen atoms in total. The first-order valence-electron chi connectivity index (χ1n) is 9.65. The van der Waals surface area contributed by atoms with Crippen LogP contribution >= 0.6 is 0 Å². The van der Waals surface area contributed by atoms with Crippen LogP contribution in [-0.2, 0) is 21.2 Å². The standard InChI is InChI=1S/C22H20N2O7S/c1-29-14-8-6-13(7-9-14)20-16(12-18(25)24-10-11-32(23,27)28)19-21(31-20)15-4-2-3-5-17(15)30-22(19)26/h2-9H,10-12H2,1H3,(H,24,25)(H2,23,27,28). The molecular weight excluding hydrogens is 436 g/mol. The molecule has 0 saturated carbocycles. The molecule has 4 rings (SSSR count). The van der Waals surface area contributed by atoms with Gasteiger partial charge in [0.1, 0.15) is 22.5 Å². The Morgan fingerprint density at radius 1 is 1.09 bits per heavy atom. The summed E-state index contributed by atoms with van der Waals surface area (Å²) in [7, 11) is -2.17. The largest absolute Gasteiger partial charge is 0.497 e. The summed E-state index contributed by atoms with van der Waals surface area (Å²) in [6.45, 7) is -0.150. The highest BCUT2D eigenvalue weighted by atomic mass is 32.2. The van der Waals surface area contributed by atoms with Crippen molar-refractivity contribution < 1.29 is 26.8 Å². The van der Waals surface area contributed by atoms with Gasteiger partial charge in [-0.25, -0.2) is 18.4 Å². The number of hydrogen-bond donors (Lipinski definition) is 2. The maximum atomic E-state index is 12.8. The molecule has 3 N–H and O–H groups in total. The van der Waals surface area contributed by atoms with E-state index >= 15 is 0 Å². The van der Waals surface area contributed by atoms with Crippen molar-refractivity contribution in [3.05, 3.63) is 64.5 Å². The van der Waals surface area contributed by atoms with E-state index in [-0.39, 0.29) is 18.4 Å². The van der Waals surface area contributed by atoms with Crippen LogP contribution in [0.2, 0.25) is 0 Å². The number of hydrogen-bond acceptors (Lipinski definition) is 7. The second-order valence-electron chi connectivity index (χ2n) is 7.12. The van der Waals surface area contributed by atoms with E-state index in [2.05, 4.69) is 5.32 Å². The van der Waals surface area contributed by atoms with E-state index in [0.717, 1.165) is 0 Å². The number of carbonyl (C=O) groups is 1. The fourth-order valence-corrected chi connectivity index (χ4v) is 3.85. The van der Waals surface area contributed by atoms with Crippen LogP contribution in [0.1, 0.15) is 5.56 Å². The number of methoxy groups -OCH3 is 1. The zero-order chi connectivity index (χ0) is 22.9. The van der Waals surface area contributed by atoms with Gasteiger partial charge < -0.3 is 18.9 Å². The number of nitrogens with one attached hydrogen (secondary N) is 1. The predicted octanol–water partition coefficient (Wildman–Crippen LogP) is 2.16. The van der Waals surface area contributed by atoms with Crippen LogP contribution in [0.5, 0.6) is 5.75 Å². The Kier molecular flexibility index (Phi) is 5.72. The molecule has 0 bridgehead atoms. The lowest BCUT2D eigenvalue weighted by atomic mass is 10.0. The highest BCUT2D eigenvalue weighted by Crippen LogP contribution is 2.36. The van der Waals surface area contributed by atoms with Crippen molar-refractivity contribution in [1.29, 1.82) is 0 Å². The van der Waals surface area contributed by atoms with Crippen LogP contribution in [0.3, 0.4) is 0 Å². The number of para-hydroxylation sites is 1. The minimum absolute atomic E-state index is 0.150. The number of sulfonamides is 1. The van der Waals surface area contributed by atoms with Crippen LogP contribution in [0.15, 0.2) is 62.2 Å². The number of rotatable bonds is 7. The third kappa shape index (κ3) is 4.36. The molecule has 0 atom stereocenters. The van der Waals surface area contributed by atoms with Gasteiger partial charge in [0, 0.05) is 17.7 Å². The van der Waals surface area contributed by atoms with Gasteiger partial charge in [-0.15, -0.1) is 0 Å². The Balaban J connectivity index is 1.83. The molecule has 0 radical (unpaired) electrons. The molecule has 0 aliphatic carbocycles.